The first-order valence-corrected chi connectivity index (χ1v) is 6.38. The predicted molar refractivity (Wildman–Crippen MR) is 71.4 cm³/mol. The van der Waals surface area contributed by atoms with E-state index in [1.54, 1.807) is 6.33 Å². The average molecular weight is 253 g/mol. The Labute approximate surface area is 108 Å². The number of rotatable bonds is 6. The molecule has 2 N–H and O–H groups in total. The minimum absolute atomic E-state index is 0.202. The van der Waals surface area contributed by atoms with E-state index in [1.165, 1.54) is 13.5 Å². The van der Waals surface area contributed by atoms with Gasteiger partial charge in [-0.2, -0.15) is 0 Å². The molecule has 0 spiro atoms. The highest BCUT2D eigenvalue weighted by molar-refractivity contribution is 5.92. The van der Waals surface area contributed by atoms with E-state index in [-0.39, 0.29) is 11.7 Å². The Balaban J connectivity index is 2.66. The molecular formula is C13H23N3O2. The van der Waals surface area contributed by atoms with Crippen molar-refractivity contribution in [2.75, 3.05) is 12.8 Å². The monoisotopic (exact) mass is 253 g/mol. The van der Waals surface area contributed by atoms with Crippen molar-refractivity contribution in [1.29, 1.82) is 0 Å². The number of nitrogens with two attached hydrogens (primary N) is 1. The molecule has 5 heteroatoms. The van der Waals surface area contributed by atoms with Gasteiger partial charge in [-0.05, 0) is 19.3 Å². The summed E-state index contributed by atoms with van der Waals surface area (Å²) in [6.45, 7) is 6.51. The third-order valence-corrected chi connectivity index (χ3v) is 3.09. The number of imidazole rings is 1. The van der Waals surface area contributed by atoms with Crippen LogP contribution in [0.3, 0.4) is 0 Å². The number of ether oxygens (including phenoxy) is 1. The van der Waals surface area contributed by atoms with Gasteiger partial charge in [0.05, 0.1) is 13.4 Å². The fraction of sp³-hybridized carbons (Fsp3) is 0.692. The zero-order valence-corrected chi connectivity index (χ0v) is 11.6. The van der Waals surface area contributed by atoms with E-state index in [4.69, 9.17) is 5.73 Å². The van der Waals surface area contributed by atoms with Crippen LogP contribution in [-0.4, -0.2) is 22.6 Å². The summed E-state index contributed by atoms with van der Waals surface area (Å²) >= 11 is 0. The molecule has 1 aromatic rings. The van der Waals surface area contributed by atoms with Gasteiger partial charge in [0.15, 0.2) is 5.69 Å². The van der Waals surface area contributed by atoms with Crippen LogP contribution in [0.15, 0.2) is 6.33 Å². The van der Waals surface area contributed by atoms with E-state index < -0.39 is 5.97 Å². The summed E-state index contributed by atoms with van der Waals surface area (Å²) in [6, 6.07) is 0.245. The minimum atomic E-state index is -0.486. The second kappa shape index (κ2) is 6.42. The molecule has 0 saturated heterocycles. The molecule has 1 atom stereocenters. The van der Waals surface area contributed by atoms with Crippen LogP contribution in [0.25, 0.3) is 0 Å². The van der Waals surface area contributed by atoms with E-state index in [0.717, 1.165) is 12.8 Å². The van der Waals surface area contributed by atoms with Crippen molar-refractivity contribution in [1.82, 2.24) is 9.55 Å². The molecule has 102 valence electrons. The van der Waals surface area contributed by atoms with Gasteiger partial charge in [0, 0.05) is 6.04 Å². The highest BCUT2D eigenvalue weighted by Crippen LogP contribution is 2.22. The van der Waals surface area contributed by atoms with Crippen molar-refractivity contribution in [2.45, 2.75) is 46.1 Å². The molecule has 0 aliphatic carbocycles. The van der Waals surface area contributed by atoms with Crippen LogP contribution in [-0.2, 0) is 4.74 Å². The Hall–Kier alpha value is -1.52. The number of hydrogen-bond donors (Lipinski definition) is 1. The fourth-order valence-electron chi connectivity index (χ4n) is 1.94. The minimum Gasteiger partial charge on any atom is -0.464 e. The van der Waals surface area contributed by atoms with Crippen LogP contribution in [0, 0.1) is 5.92 Å². The quantitative estimate of drug-likeness (QED) is 0.791. The summed E-state index contributed by atoms with van der Waals surface area (Å²) in [6.07, 6.45) is 4.98. The van der Waals surface area contributed by atoms with Gasteiger partial charge in [-0.25, -0.2) is 9.78 Å². The normalized spacial score (nSPS) is 12.7. The molecule has 0 amide bonds. The van der Waals surface area contributed by atoms with Crippen molar-refractivity contribution in [3.8, 4) is 0 Å². The standard InChI is InChI=1S/C13H23N3O2/c1-9(2)6-5-7-10(3)16-8-15-11(12(16)14)13(17)18-4/h8-10H,5-7,14H2,1-4H3. The summed E-state index contributed by atoms with van der Waals surface area (Å²) < 4.78 is 6.47. The molecule has 5 nitrogen and oxygen atoms in total. The van der Waals surface area contributed by atoms with E-state index in [0.29, 0.717) is 11.7 Å². The first-order valence-electron chi connectivity index (χ1n) is 6.38. The van der Waals surface area contributed by atoms with Gasteiger partial charge in [-0.15, -0.1) is 0 Å². The van der Waals surface area contributed by atoms with Crippen molar-refractivity contribution in [3.05, 3.63) is 12.0 Å². The summed E-state index contributed by atoms with van der Waals surface area (Å²) in [5.74, 6) is 0.613. The van der Waals surface area contributed by atoms with Crippen molar-refractivity contribution < 1.29 is 9.53 Å². The number of carbonyl (C=O) groups is 1. The Kier molecular flexibility index (Phi) is 5.19. The lowest BCUT2D eigenvalue weighted by Gasteiger charge is -2.15. The topological polar surface area (TPSA) is 70.1 Å². The molecule has 1 aromatic heterocycles. The van der Waals surface area contributed by atoms with Gasteiger partial charge in [0.25, 0.3) is 0 Å². The molecule has 1 unspecified atom stereocenters. The maximum Gasteiger partial charge on any atom is 0.360 e. The number of esters is 1. The number of nitrogen functional groups attached to an aromatic ring is 1. The largest absolute Gasteiger partial charge is 0.464 e. The highest BCUT2D eigenvalue weighted by Gasteiger charge is 2.18. The van der Waals surface area contributed by atoms with Gasteiger partial charge in [-0.1, -0.05) is 26.7 Å². The Morgan fingerprint density at radius 2 is 2.11 bits per heavy atom. The maximum absolute atomic E-state index is 11.4. The zero-order chi connectivity index (χ0) is 13.7. The second-order valence-electron chi connectivity index (χ2n) is 5.05. The van der Waals surface area contributed by atoms with Crippen LogP contribution in [0.2, 0.25) is 0 Å². The van der Waals surface area contributed by atoms with Crippen LogP contribution in [0.1, 0.15) is 56.6 Å². The van der Waals surface area contributed by atoms with E-state index in [9.17, 15) is 4.79 Å². The number of methoxy groups -OCH3 is 1. The number of hydrogen-bond acceptors (Lipinski definition) is 4. The first-order chi connectivity index (χ1) is 8.47. The third-order valence-electron chi connectivity index (χ3n) is 3.09. The molecule has 0 bridgehead atoms. The van der Waals surface area contributed by atoms with Crippen molar-refractivity contribution in [2.24, 2.45) is 5.92 Å². The van der Waals surface area contributed by atoms with Gasteiger partial charge >= 0.3 is 5.97 Å². The summed E-state index contributed by atoms with van der Waals surface area (Å²) in [7, 11) is 1.33. The van der Waals surface area contributed by atoms with Crippen LogP contribution in [0.5, 0.6) is 0 Å². The predicted octanol–water partition coefficient (Wildman–Crippen LogP) is 2.64. The Morgan fingerprint density at radius 3 is 2.67 bits per heavy atom. The molecule has 0 aromatic carbocycles. The van der Waals surface area contributed by atoms with Gasteiger partial charge in [-0.3, -0.25) is 0 Å². The van der Waals surface area contributed by atoms with Crippen molar-refractivity contribution in [3.63, 3.8) is 0 Å². The Bertz CT molecular complexity index is 399. The second-order valence-corrected chi connectivity index (χ2v) is 5.05. The summed E-state index contributed by atoms with van der Waals surface area (Å²) in [4.78, 5) is 15.4. The molecule has 1 rings (SSSR count). The van der Waals surface area contributed by atoms with Crippen molar-refractivity contribution >= 4 is 11.8 Å². The van der Waals surface area contributed by atoms with E-state index >= 15 is 0 Å². The third kappa shape index (κ3) is 3.48. The molecule has 0 radical (unpaired) electrons. The smallest absolute Gasteiger partial charge is 0.360 e. The fourth-order valence-corrected chi connectivity index (χ4v) is 1.94. The molecule has 0 fully saturated rings. The van der Waals surface area contributed by atoms with Crippen LogP contribution >= 0.6 is 0 Å². The number of nitrogens with zero attached hydrogens (tertiary/aromatic N) is 2. The highest BCUT2D eigenvalue weighted by atomic mass is 16.5. The van der Waals surface area contributed by atoms with E-state index in [2.05, 4.69) is 30.5 Å². The number of aromatic nitrogens is 2. The first kappa shape index (κ1) is 14.5. The molecule has 1 heterocycles. The van der Waals surface area contributed by atoms with Gasteiger partial charge < -0.3 is 15.0 Å². The molecular weight excluding hydrogens is 230 g/mol. The van der Waals surface area contributed by atoms with Gasteiger partial charge in [0.1, 0.15) is 5.82 Å². The molecule has 0 saturated carbocycles. The molecule has 0 aliphatic heterocycles. The van der Waals surface area contributed by atoms with Gasteiger partial charge in [0.2, 0.25) is 0 Å². The zero-order valence-electron chi connectivity index (χ0n) is 11.6. The number of anilines is 1. The molecule has 0 aliphatic rings. The lowest BCUT2D eigenvalue weighted by Crippen LogP contribution is -2.11. The number of carbonyl (C=O) groups excluding carboxylic acids is 1. The lowest BCUT2D eigenvalue weighted by atomic mass is 10.0. The SMILES string of the molecule is COC(=O)c1ncn(C(C)CCCC(C)C)c1N. The Morgan fingerprint density at radius 1 is 1.44 bits per heavy atom. The van der Waals surface area contributed by atoms with Crippen LogP contribution < -0.4 is 5.73 Å². The van der Waals surface area contributed by atoms with E-state index in [1.807, 2.05) is 4.57 Å². The average Bonchev–Trinajstić information content (AvgIpc) is 2.69. The molecule has 18 heavy (non-hydrogen) atoms. The lowest BCUT2D eigenvalue weighted by molar-refractivity contribution is 0.0596. The maximum atomic E-state index is 11.4. The summed E-state index contributed by atoms with van der Waals surface area (Å²) in [5.41, 5.74) is 6.11. The summed E-state index contributed by atoms with van der Waals surface area (Å²) in [5, 5.41) is 0. The van der Waals surface area contributed by atoms with Crippen LogP contribution in [0.4, 0.5) is 5.82 Å².